The molecule has 1 aromatic heterocycles. The second-order valence-corrected chi connectivity index (χ2v) is 6.53. The summed E-state index contributed by atoms with van der Waals surface area (Å²) in [5.74, 6) is -0.426. The number of carbonyl (C=O) groups excluding carboxylic acids is 1. The normalized spacial score (nSPS) is 17.2. The number of hydrogen-bond donors (Lipinski definition) is 1. The molecule has 1 aliphatic heterocycles. The van der Waals surface area contributed by atoms with Crippen LogP contribution in [0.5, 0.6) is 0 Å². The number of piperidine rings is 1. The molecule has 0 radical (unpaired) electrons. The van der Waals surface area contributed by atoms with E-state index in [1.54, 1.807) is 13.1 Å². The molecule has 1 aliphatic rings. The van der Waals surface area contributed by atoms with Crippen molar-refractivity contribution in [3.63, 3.8) is 0 Å². The summed E-state index contributed by atoms with van der Waals surface area (Å²) < 4.78 is 15.7. The Hall–Kier alpha value is -2.90. The molecule has 1 aromatic carbocycles. The van der Waals surface area contributed by atoms with Crippen LogP contribution in [0.4, 0.5) is 15.9 Å². The Labute approximate surface area is 149 Å². The SMILES string of the molecule is Cn1c(N2CCCC(C(=O)Nc3cccc(F)c3)C2)cc(=O)n(C)c1=O. The molecule has 1 atom stereocenters. The van der Waals surface area contributed by atoms with Gasteiger partial charge in [0.05, 0.1) is 5.92 Å². The van der Waals surface area contributed by atoms with Gasteiger partial charge in [0.2, 0.25) is 5.91 Å². The Bertz CT molecular complexity index is 950. The van der Waals surface area contributed by atoms with Crippen LogP contribution < -0.4 is 21.5 Å². The van der Waals surface area contributed by atoms with Crippen LogP contribution in [-0.2, 0) is 18.9 Å². The molecule has 0 aliphatic carbocycles. The molecule has 1 unspecified atom stereocenters. The second-order valence-electron chi connectivity index (χ2n) is 6.53. The van der Waals surface area contributed by atoms with Crippen molar-refractivity contribution >= 4 is 17.4 Å². The topological polar surface area (TPSA) is 76.3 Å². The standard InChI is InChI=1S/C18H21FN4O3/c1-21-15(10-16(24)22(2)18(21)26)23-8-4-5-12(11-23)17(25)20-14-7-3-6-13(19)9-14/h3,6-7,9-10,12H,4-5,8,11H2,1-2H3,(H,20,25). The average molecular weight is 360 g/mol. The van der Waals surface area contributed by atoms with Crippen molar-refractivity contribution in [2.24, 2.45) is 20.0 Å². The van der Waals surface area contributed by atoms with Gasteiger partial charge in [-0.15, -0.1) is 0 Å². The summed E-state index contributed by atoms with van der Waals surface area (Å²) in [6, 6.07) is 7.16. The van der Waals surface area contributed by atoms with Crippen molar-refractivity contribution in [2.75, 3.05) is 23.3 Å². The largest absolute Gasteiger partial charge is 0.357 e. The minimum atomic E-state index is -0.414. The van der Waals surface area contributed by atoms with E-state index < -0.39 is 11.5 Å². The summed E-state index contributed by atoms with van der Waals surface area (Å²) in [6.07, 6.45) is 1.45. The second kappa shape index (κ2) is 7.15. The zero-order valence-electron chi connectivity index (χ0n) is 14.7. The van der Waals surface area contributed by atoms with Crippen molar-refractivity contribution in [1.82, 2.24) is 9.13 Å². The molecule has 138 valence electrons. The van der Waals surface area contributed by atoms with E-state index in [1.807, 2.05) is 4.90 Å². The maximum Gasteiger partial charge on any atom is 0.332 e. The molecule has 2 aromatic rings. The maximum absolute atomic E-state index is 13.3. The van der Waals surface area contributed by atoms with Crippen molar-refractivity contribution in [3.05, 3.63) is 57.0 Å². The first kappa shape index (κ1) is 17.9. The highest BCUT2D eigenvalue weighted by atomic mass is 19.1. The molecule has 0 saturated carbocycles. The molecule has 1 amide bonds. The molecule has 2 heterocycles. The Morgan fingerprint density at radius 3 is 2.69 bits per heavy atom. The fraction of sp³-hybridized carbons (Fsp3) is 0.389. The zero-order valence-corrected chi connectivity index (χ0v) is 14.7. The third kappa shape index (κ3) is 3.54. The van der Waals surface area contributed by atoms with Gasteiger partial charge in [-0.2, -0.15) is 0 Å². The lowest BCUT2D eigenvalue weighted by molar-refractivity contribution is -0.120. The van der Waals surface area contributed by atoms with Gasteiger partial charge in [0.15, 0.2) is 0 Å². The number of nitrogens with one attached hydrogen (secondary N) is 1. The number of hydrogen-bond acceptors (Lipinski definition) is 4. The van der Waals surface area contributed by atoms with Crippen LogP contribution in [-0.4, -0.2) is 28.1 Å². The summed E-state index contributed by atoms with van der Waals surface area (Å²) in [4.78, 5) is 38.5. The highest BCUT2D eigenvalue weighted by Gasteiger charge is 2.27. The van der Waals surface area contributed by atoms with Crippen LogP contribution in [0, 0.1) is 11.7 Å². The number of benzene rings is 1. The lowest BCUT2D eigenvalue weighted by Gasteiger charge is -2.34. The predicted octanol–water partition coefficient (Wildman–Crippen LogP) is 1.08. The molecular formula is C18H21FN4O3. The van der Waals surface area contributed by atoms with Crippen molar-refractivity contribution in [1.29, 1.82) is 0 Å². The summed E-state index contributed by atoms with van der Waals surface area (Å²) in [7, 11) is 3.04. The number of anilines is 2. The number of aromatic nitrogens is 2. The summed E-state index contributed by atoms with van der Waals surface area (Å²) in [6.45, 7) is 1.05. The molecule has 7 nitrogen and oxygen atoms in total. The van der Waals surface area contributed by atoms with Crippen LogP contribution in [0.25, 0.3) is 0 Å². The van der Waals surface area contributed by atoms with E-state index in [1.165, 1.54) is 35.9 Å². The van der Waals surface area contributed by atoms with Crippen molar-refractivity contribution < 1.29 is 9.18 Å². The number of carbonyl (C=O) groups is 1. The third-order valence-corrected chi connectivity index (χ3v) is 4.71. The fourth-order valence-corrected chi connectivity index (χ4v) is 3.23. The predicted molar refractivity (Wildman–Crippen MR) is 96.9 cm³/mol. The molecule has 1 fully saturated rings. The molecule has 3 rings (SSSR count). The fourth-order valence-electron chi connectivity index (χ4n) is 3.23. The van der Waals surface area contributed by atoms with Gasteiger partial charge in [-0.1, -0.05) is 6.07 Å². The molecule has 26 heavy (non-hydrogen) atoms. The third-order valence-electron chi connectivity index (χ3n) is 4.71. The summed E-state index contributed by atoms with van der Waals surface area (Å²) in [5.41, 5.74) is -0.374. The van der Waals surface area contributed by atoms with Gasteiger partial charge in [0, 0.05) is 38.9 Å². The maximum atomic E-state index is 13.3. The smallest absolute Gasteiger partial charge is 0.332 e. The van der Waals surface area contributed by atoms with Gasteiger partial charge >= 0.3 is 5.69 Å². The van der Waals surface area contributed by atoms with Crippen LogP contribution in [0.3, 0.4) is 0 Å². The Morgan fingerprint density at radius 1 is 1.19 bits per heavy atom. The van der Waals surface area contributed by atoms with E-state index in [-0.39, 0.29) is 17.4 Å². The van der Waals surface area contributed by atoms with Crippen LogP contribution in [0.15, 0.2) is 39.9 Å². The van der Waals surface area contributed by atoms with Crippen LogP contribution in [0.1, 0.15) is 12.8 Å². The first-order chi connectivity index (χ1) is 12.4. The highest BCUT2D eigenvalue weighted by molar-refractivity contribution is 5.93. The van der Waals surface area contributed by atoms with Crippen LogP contribution in [0.2, 0.25) is 0 Å². The first-order valence-corrected chi connectivity index (χ1v) is 8.45. The molecule has 1 saturated heterocycles. The summed E-state index contributed by atoms with van der Waals surface area (Å²) >= 11 is 0. The Balaban J connectivity index is 1.78. The van der Waals surface area contributed by atoms with Crippen molar-refractivity contribution in [2.45, 2.75) is 12.8 Å². The number of halogens is 1. The van der Waals surface area contributed by atoms with Gasteiger partial charge in [-0.25, -0.2) is 9.18 Å². The minimum Gasteiger partial charge on any atom is -0.357 e. The summed E-state index contributed by atoms with van der Waals surface area (Å²) in [5, 5.41) is 2.73. The van der Waals surface area contributed by atoms with Crippen molar-refractivity contribution in [3.8, 4) is 0 Å². The molecule has 0 spiro atoms. The van der Waals surface area contributed by atoms with Crippen LogP contribution >= 0.6 is 0 Å². The lowest BCUT2D eigenvalue weighted by atomic mass is 9.97. The van der Waals surface area contributed by atoms with E-state index in [4.69, 9.17) is 0 Å². The first-order valence-electron chi connectivity index (χ1n) is 8.45. The Kier molecular flexibility index (Phi) is 4.92. The quantitative estimate of drug-likeness (QED) is 0.889. The molecule has 8 heteroatoms. The monoisotopic (exact) mass is 360 g/mol. The molecule has 1 N–H and O–H groups in total. The minimum absolute atomic E-state index is 0.200. The van der Waals surface area contributed by atoms with Gasteiger partial charge in [-0.3, -0.25) is 18.7 Å². The molecular weight excluding hydrogens is 339 g/mol. The van der Waals surface area contributed by atoms with E-state index in [0.717, 1.165) is 11.0 Å². The number of rotatable bonds is 3. The lowest BCUT2D eigenvalue weighted by Crippen LogP contribution is -2.45. The van der Waals surface area contributed by atoms with Gasteiger partial charge in [0.1, 0.15) is 11.6 Å². The van der Waals surface area contributed by atoms with Gasteiger partial charge < -0.3 is 10.2 Å². The van der Waals surface area contributed by atoms with E-state index in [0.29, 0.717) is 31.0 Å². The number of nitrogens with zero attached hydrogens (tertiary/aromatic N) is 3. The zero-order chi connectivity index (χ0) is 18.8. The van der Waals surface area contributed by atoms with E-state index in [2.05, 4.69) is 5.32 Å². The highest BCUT2D eigenvalue weighted by Crippen LogP contribution is 2.23. The van der Waals surface area contributed by atoms with Gasteiger partial charge in [-0.05, 0) is 31.0 Å². The molecule has 0 bridgehead atoms. The van der Waals surface area contributed by atoms with E-state index >= 15 is 0 Å². The van der Waals surface area contributed by atoms with E-state index in [9.17, 15) is 18.8 Å². The Morgan fingerprint density at radius 2 is 1.96 bits per heavy atom. The number of amides is 1. The average Bonchev–Trinajstić information content (AvgIpc) is 2.63. The van der Waals surface area contributed by atoms with Gasteiger partial charge in [0.25, 0.3) is 5.56 Å².